The number of aromatic nitrogens is 2. The Morgan fingerprint density at radius 2 is 2.21 bits per heavy atom. The van der Waals surface area contributed by atoms with Gasteiger partial charge in [-0.05, 0) is 33.0 Å². The second-order valence-electron chi connectivity index (χ2n) is 4.47. The molecule has 0 aliphatic carbocycles. The van der Waals surface area contributed by atoms with Gasteiger partial charge in [-0.25, -0.2) is 4.98 Å². The highest BCUT2D eigenvalue weighted by Gasteiger charge is 2.09. The second-order valence-corrected chi connectivity index (χ2v) is 4.47. The predicted molar refractivity (Wildman–Crippen MR) is 77.6 cm³/mol. The number of rotatable bonds is 6. The minimum Gasteiger partial charge on any atom is -0.494 e. The van der Waals surface area contributed by atoms with Gasteiger partial charge in [0.25, 0.3) is 0 Å². The lowest BCUT2D eigenvalue weighted by Crippen LogP contribution is -2.11. The molecule has 0 aliphatic heterocycles. The molecule has 1 aromatic carbocycles. The van der Waals surface area contributed by atoms with E-state index < -0.39 is 0 Å². The number of aryl methyl sites for hydroxylation is 1. The average molecular weight is 259 g/mol. The third-order valence-corrected chi connectivity index (χ3v) is 2.96. The lowest BCUT2D eigenvalue weighted by atomic mass is 10.1. The number of nitrogens with zero attached hydrogens (tertiary/aromatic N) is 1. The van der Waals surface area contributed by atoms with Gasteiger partial charge in [-0.15, -0.1) is 0 Å². The molecule has 0 bridgehead atoms. The molecule has 2 aromatic rings. The van der Waals surface area contributed by atoms with E-state index in [4.69, 9.17) is 4.74 Å². The summed E-state index contributed by atoms with van der Waals surface area (Å²) in [6.45, 7) is 5.64. The van der Waals surface area contributed by atoms with Crippen LogP contribution < -0.4 is 10.1 Å². The number of likely N-dealkylation sites (N-methyl/N-ethyl adjacent to an activating group) is 1. The monoisotopic (exact) mass is 259 g/mol. The van der Waals surface area contributed by atoms with E-state index in [1.54, 1.807) is 0 Å². The molecule has 0 radical (unpaired) electrons. The summed E-state index contributed by atoms with van der Waals surface area (Å²) >= 11 is 0. The average Bonchev–Trinajstić information content (AvgIpc) is 2.78. The van der Waals surface area contributed by atoms with Crippen molar-refractivity contribution >= 4 is 0 Å². The molecule has 1 aromatic heterocycles. The van der Waals surface area contributed by atoms with E-state index in [1.807, 2.05) is 32.2 Å². The highest BCUT2D eigenvalue weighted by Crippen LogP contribution is 2.25. The van der Waals surface area contributed by atoms with Crippen molar-refractivity contribution < 1.29 is 4.74 Å². The minimum absolute atomic E-state index is 0.677. The molecule has 19 heavy (non-hydrogen) atoms. The van der Waals surface area contributed by atoms with Crippen LogP contribution in [0.15, 0.2) is 24.3 Å². The lowest BCUT2D eigenvalue weighted by molar-refractivity contribution is 0.340. The molecule has 0 saturated carbocycles. The molecular weight excluding hydrogens is 238 g/mol. The van der Waals surface area contributed by atoms with Gasteiger partial charge in [-0.1, -0.05) is 12.1 Å². The molecule has 0 amide bonds. The van der Waals surface area contributed by atoms with Crippen molar-refractivity contribution in [1.29, 1.82) is 0 Å². The summed E-state index contributed by atoms with van der Waals surface area (Å²) in [5.41, 5.74) is 3.20. The molecule has 1 heterocycles. The van der Waals surface area contributed by atoms with E-state index in [-0.39, 0.29) is 0 Å². The number of aromatic amines is 1. The van der Waals surface area contributed by atoms with Crippen molar-refractivity contribution in [3.8, 4) is 17.0 Å². The van der Waals surface area contributed by atoms with Gasteiger partial charge in [0.1, 0.15) is 11.6 Å². The Morgan fingerprint density at radius 3 is 2.95 bits per heavy atom. The molecule has 4 nitrogen and oxygen atoms in total. The highest BCUT2D eigenvalue weighted by molar-refractivity contribution is 5.63. The van der Waals surface area contributed by atoms with Crippen molar-refractivity contribution in [1.82, 2.24) is 15.3 Å². The van der Waals surface area contributed by atoms with Crippen molar-refractivity contribution in [3.05, 3.63) is 35.8 Å². The first-order valence-electron chi connectivity index (χ1n) is 6.68. The molecular formula is C15H21N3O. The summed E-state index contributed by atoms with van der Waals surface area (Å²) in [4.78, 5) is 8.01. The van der Waals surface area contributed by atoms with Gasteiger partial charge >= 0.3 is 0 Å². The molecule has 102 valence electrons. The Kier molecular flexibility index (Phi) is 4.58. The molecule has 0 saturated heterocycles. The number of hydrogen-bond donors (Lipinski definition) is 2. The first-order chi connectivity index (χ1) is 9.24. The maximum Gasteiger partial charge on any atom is 0.119 e. The molecule has 0 unspecified atom stereocenters. The van der Waals surface area contributed by atoms with Crippen molar-refractivity contribution in [2.45, 2.75) is 20.3 Å². The Labute approximate surface area is 114 Å². The zero-order chi connectivity index (χ0) is 13.7. The van der Waals surface area contributed by atoms with E-state index in [2.05, 4.69) is 28.3 Å². The van der Waals surface area contributed by atoms with Crippen molar-refractivity contribution in [2.24, 2.45) is 0 Å². The predicted octanol–water partition coefficient (Wildman–Crippen LogP) is 2.55. The SMILES string of the molecule is CCOc1cccc(-c2nc(CCNC)[nH]c2C)c1. The standard InChI is InChI=1S/C15H21N3O/c1-4-19-13-7-5-6-12(10-13)15-11(2)17-14(18-15)8-9-16-3/h5-7,10,16H,4,8-9H2,1-3H3,(H,17,18). The Balaban J connectivity index is 2.25. The summed E-state index contributed by atoms with van der Waals surface area (Å²) in [5.74, 6) is 1.91. The van der Waals surface area contributed by atoms with E-state index in [0.717, 1.165) is 41.5 Å². The molecule has 2 N–H and O–H groups in total. The van der Waals surface area contributed by atoms with Gasteiger partial charge in [-0.3, -0.25) is 0 Å². The lowest BCUT2D eigenvalue weighted by Gasteiger charge is -2.04. The third kappa shape index (κ3) is 3.35. The van der Waals surface area contributed by atoms with Crippen LogP contribution in [0.3, 0.4) is 0 Å². The fraction of sp³-hybridized carbons (Fsp3) is 0.400. The van der Waals surface area contributed by atoms with Crippen molar-refractivity contribution in [3.63, 3.8) is 0 Å². The fourth-order valence-electron chi connectivity index (χ4n) is 2.07. The number of ether oxygens (including phenoxy) is 1. The Bertz CT molecular complexity index is 534. The van der Waals surface area contributed by atoms with E-state index in [9.17, 15) is 0 Å². The minimum atomic E-state index is 0.677. The summed E-state index contributed by atoms with van der Waals surface area (Å²) in [6, 6.07) is 8.07. The zero-order valence-electron chi connectivity index (χ0n) is 11.8. The highest BCUT2D eigenvalue weighted by atomic mass is 16.5. The summed E-state index contributed by atoms with van der Waals surface area (Å²) in [5, 5.41) is 3.13. The van der Waals surface area contributed by atoms with Gasteiger partial charge < -0.3 is 15.0 Å². The van der Waals surface area contributed by atoms with Gasteiger partial charge in [-0.2, -0.15) is 0 Å². The van der Waals surface area contributed by atoms with Crippen LogP contribution in [0.1, 0.15) is 18.4 Å². The smallest absolute Gasteiger partial charge is 0.119 e. The third-order valence-electron chi connectivity index (χ3n) is 2.96. The van der Waals surface area contributed by atoms with Crippen molar-refractivity contribution in [2.75, 3.05) is 20.2 Å². The number of imidazole rings is 1. The first-order valence-corrected chi connectivity index (χ1v) is 6.68. The number of H-pyrrole nitrogens is 1. The zero-order valence-corrected chi connectivity index (χ0v) is 11.8. The summed E-state index contributed by atoms with van der Waals surface area (Å²) in [6.07, 6.45) is 0.905. The number of hydrogen-bond acceptors (Lipinski definition) is 3. The van der Waals surface area contributed by atoms with Crippen LogP contribution in [0, 0.1) is 6.92 Å². The van der Waals surface area contributed by atoms with Crippen LogP contribution >= 0.6 is 0 Å². The van der Waals surface area contributed by atoms with Crippen LogP contribution in [0.25, 0.3) is 11.3 Å². The van der Waals surface area contributed by atoms with Gasteiger partial charge in [0.2, 0.25) is 0 Å². The normalized spacial score (nSPS) is 10.7. The van der Waals surface area contributed by atoms with E-state index in [1.165, 1.54) is 0 Å². The molecule has 0 fully saturated rings. The van der Waals surface area contributed by atoms with Crippen LogP contribution in [0.2, 0.25) is 0 Å². The van der Waals surface area contributed by atoms with E-state index in [0.29, 0.717) is 6.61 Å². The largest absolute Gasteiger partial charge is 0.494 e. The van der Waals surface area contributed by atoms with Gasteiger partial charge in [0, 0.05) is 24.2 Å². The second kappa shape index (κ2) is 6.38. The molecule has 0 spiro atoms. The van der Waals surface area contributed by atoms with E-state index >= 15 is 0 Å². The van der Waals surface area contributed by atoms with Gasteiger partial charge in [0.15, 0.2) is 0 Å². The Hall–Kier alpha value is -1.81. The molecule has 0 atom stereocenters. The van der Waals surface area contributed by atoms with Crippen LogP contribution in [-0.4, -0.2) is 30.2 Å². The quantitative estimate of drug-likeness (QED) is 0.838. The van der Waals surface area contributed by atoms with Crippen LogP contribution in [0.5, 0.6) is 5.75 Å². The summed E-state index contributed by atoms with van der Waals surface area (Å²) in [7, 11) is 1.95. The fourth-order valence-corrected chi connectivity index (χ4v) is 2.07. The topological polar surface area (TPSA) is 49.9 Å². The van der Waals surface area contributed by atoms with Crippen LogP contribution in [0.4, 0.5) is 0 Å². The Morgan fingerprint density at radius 1 is 1.37 bits per heavy atom. The maximum absolute atomic E-state index is 5.53. The van der Waals surface area contributed by atoms with Gasteiger partial charge in [0.05, 0.1) is 12.3 Å². The first kappa shape index (κ1) is 13.6. The summed E-state index contributed by atoms with van der Waals surface area (Å²) < 4.78 is 5.53. The van der Waals surface area contributed by atoms with Crippen LogP contribution in [-0.2, 0) is 6.42 Å². The molecule has 2 rings (SSSR count). The molecule has 0 aliphatic rings. The molecule has 4 heteroatoms. The number of benzene rings is 1. The maximum atomic E-state index is 5.53. The number of nitrogens with one attached hydrogen (secondary N) is 2.